The van der Waals surface area contributed by atoms with Gasteiger partial charge in [0, 0.05) is 12.1 Å². The molecule has 0 bridgehead atoms. The summed E-state index contributed by atoms with van der Waals surface area (Å²) in [5.74, 6) is 1.38. The second-order valence-corrected chi connectivity index (χ2v) is 8.65. The van der Waals surface area contributed by atoms with Gasteiger partial charge in [-0.15, -0.1) is 0 Å². The predicted octanol–water partition coefficient (Wildman–Crippen LogP) is 4.46. The molecule has 0 aliphatic heterocycles. The van der Waals surface area contributed by atoms with Crippen molar-refractivity contribution in [2.75, 3.05) is 0 Å². The Bertz CT molecular complexity index is 310. The van der Waals surface area contributed by atoms with Crippen molar-refractivity contribution < 1.29 is 0 Å². The van der Waals surface area contributed by atoms with E-state index in [0.29, 0.717) is 34.7 Å². The maximum Gasteiger partial charge on any atom is 0.00649 e. The predicted molar refractivity (Wildman–Crippen MR) is 92.0 cm³/mol. The monoisotopic (exact) mass is 294 g/mol. The van der Waals surface area contributed by atoms with Crippen LogP contribution in [0.4, 0.5) is 0 Å². The molecular formula is C19H38N2. The quantitative estimate of drug-likeness (QED) is 0.804. The summed E-state index contributed by atoms with van der Waals surface area (Å²) in [4.78, 5) is 0. The Labute approximate surface area is 132 Å². The number of hydrogen-bond acceptors (Lipinski definition) is 2. The molecule has 2 aliphatic carbocycles. The Balaban J connectivity index is 2.12. The van der Waals surface area contributed by atoms with Crippen LogP contribution in [-0.2, 0) is 0 Å². The van der Waals surface area contributed by atoms with Gasteiger partial charge in [-0.3, -0.25) is 0 Å². The number of hydrogen-bond donors (Lipinski definition) is 2. The molecule has 124 valence electrons. The molecular weight excluding hydrogens is 256 g/mol. The van der Waals surface area contributed by atoms with Gasteiger partial charge in [-0.05, 0) is 67.6 Å². The van der Waals surface area contributed by atoms with Crippen molar-refractivity contribution >= 4 is 0 Å². The maximum absolute atomic E-state index is 6.28. The first-order chi connectivity index (χ1) is 9.85. The molecule has 0 saturated heterocycles. The maximum atomic E-state index is 6.28. The van der Waals surface area contributed by atoms with Gasteiger partial charge in [0.1, 0.15) is 0 Å². The average molecular weight is 295 g/mol. The standard InChI is InChI=1S/C19H38N2/c1-5-18(9-7-16(20)14(3)11-18)13-19(6-2)10-8-17(21)15(4)12-19/h14-17H,5-13,20-21H2,1-4H3/t14?,15?,16-,17-,18?,19?/m0/s1. The SMILES string of the molecule is CCC1(CC2(CC)CC[C@H](N)C(C)C2)CC[C@H](N)C(C)C1. The van der Waals surface area contributed by atoms with Crippen LogP contribution in [0.1, 0.15) is 85.5 Å². The van der Waals surface area contributed by atoms with Crippen molar-refractivity contribution in [2.45, 2.75) is 97.6 Å². The normalized spacial score (nSPS) is 48.3. The third-order valence-electron chi connectivity index (χ3n) is 7.24. The summed E-state index contributed by atoms with van der Waals surface area (Å²) in [7, 11) is 0. The zero-order valence-electron chi connectivity index (χ0n) is 14.8. The van der Waals surface area contributed by atoms with Crippen molar-refractivity contribution in [1.82, 2.24) is 0 Å². The van der Waals surface area contributed by atoms with Gasteiger partial charge < -0.3 is 11.5 Å². The zero-order valence-corrected chi connectivity index (χ0v) is 14.8. The van der Waals surface area contributed by atoms with Crippen molar-refractivity contribution in [3.05, 3.63) is 0 Å². The zero-order chi connectivity index (χ0) is 15.7. The fourth-order valence-electron chi connectivity index (χ4n) is 5.40. The van der Waals surface area contributed by atoms with Crippen LogP contribution in [-0.4, -0.2) is 12.1 Å². The molecule has 2 nitrogen and oxygen atoms in total. The molecule has 6 atom stereocenters. The molecule has 2 aliphatic rings. The molecule has 2 fully saturated rings. The lowest BCUT2D eigenvalue weighted by atomic mass is 9.55. The molecule has 0 spiro atoms. The lowest BCUT2D eigenvalue weighted by molar-refractivity contribution is 0.0119. The summed E-state index contributed by atoms with van der Waals surface area (Å²) in [5, 5.41) is 0. The van der Waals surface area contributed by atoms with E-state index in [4.69, 9.17) is 11.5 Å². The Morgan fingerprint density at radius 2 is 1.19 bits per heavy atom. The Kier molecular flexibility index (Phi) is 5.41. The van der Waals surface area contributed by atoms with Crippen LogP contribution in [0.3, 0.4) is 0 Å². The molecule has 0 amide bonds. The van der Waals surface area contributed by atoms with E-state index in [9.17, 15) is 0 Å². The van der Waals surface area contributed by atoms with Crippen LogP contribution in [0.2, 0.25) is 0 Å². The summed E-state index contributed by atoms with van der Waals surface area (Å²) in [6.07, 6.45) is 11.9. The lowest BCUT2D eigenvalue weighted by Crippen LogP contribution is -2.46. The number of rotatable bonds is 4. The summed E-state index contributed by atoms with van der Waals surface area (Å²) < 4.78 is 0. The first-order valence-electron chi connectivity index (χ1n) is 9.36. The fourth-order valence-corrected chi connectivity index (χ4v) is 5.40. The highest BCUT2D eigenvalue weighted by atomic mass is 14.7. The first-order valence-corrected chi connectivity index (χ1v) is 9.36. The van der Waals surface area contributed by atoms with E-state index in [1.54, 1.807) is 0 Å². The third kappa shape index (κ3) is 3.64. The molecule has 2 heteroatoms. The van der Waals surface area contributed by atoms with E-state index in [-0.39, 0.29) is 0 Å². The van der Waals surface area contributed by atoms with Gasteiger partial charge >= 0.3 is 0 Å². The molecule has 0 aromatic rings. The molecule has 0 aromatic carbocycles. The molecule has 0 heterocycles. The first kappa shape index (κ1) is 17.3. The summed E-state index contributed by atoms with van der Waals surface area (Å²) >= 11 is 0. The van der Waals surface area contributed by atoms with Crippen LogP contribution >= 0.6 is 0 Å². The molecule has 2 saturated carbocycles. The van der Waals surface area contributed by atoms with Crippen LogP contribution in [0.25, 0.3) is 0 Å². The van der Waals surface area contributed by atoms with E-state index in [2.05, 4.69) is 27.7 Å². The van der Waals surface area contributed by atoms with Crippen molar-refractivity contribution in [3.63, 3.8) is 0 Å². The van der Waals surface area contributed by atoms with E-state index in [1.807, 2.05) is 0 Å². The van der Waals surface area contributed by atoms with Gasteiger partial charge in [0.2, 0.25) is 0 Å². The van der Waals surface area contributed by atoms with E-state index in [1.165, 1.54) is 57.8 Å². The highest BCUT2D eigenvalue weighted by Gasteiger charge is 2.45. The molecule has 4 unspecified atom stereocenters. The van der Waals surface area contributed by atoms with Crippen LogP contribution in [0, 0.1) is 22.7 Å². The lowest BCUT2D eigenvalue weighted by Gasteiger charge is -2.51. The van der Waals surface area contributed by atoms with Crippen molar-refractivity contribution in [1.29, 1.82) is 0 Å². The summed E-state index contributed by atoms with van der Waals surface area (Å²) in [6, 6.07) is 0.863. The second-order valence-electron chi connectivity index (χ2n) is 8.65. The van der Waals surface area contributed by atoms with Crippen molar-refractivity contribution in [3.8, 4) is 0 Å². The average Bonchev–Trinajstić information content (AvgIpc) is 2.47. The minimum atomic E-state index is 0.431. The fraction of sp³-hybridized carbons (Fsp3) is 1.00. The molecule has 0 radical (unpaired) electrons. The van der Waals surface area contributed by atoms with Gasteiger partial charge in [0.15, 0.2) is 0 Å². The summed E-state index contributed by atoms with van der Waals surface area (Å²) in [5.41, 5.74) is 13.6. The van der Waals surface area contributed by atoms with Gasteiger partial charge in [0.05, 0.1) is 0 Å². The second kappa shape index (κ2) is 6.58. The largest absolute Gasteiger partial charge is 0.327 e. The Morgan fingerprint density at radius 3 is 1.48 bits per heavy atom. The van der Waals surface area contributed by atoms with E-state index < -0.39 is 0 Å². The number of nitrogens with two attached hydrogens (primary N) is 2. The minimum absolute atomic E-state index is 0.431. The van der Waals surface area contributed by atoms with Gasteiger partial charge in [-0.2, -0.15) is 0 Å². The minimum Gasteiger partial charge on any atom is -0.327 e. The van der Waals surface area contributed by atoms with Gasteiger partial charge in [-0.1, -0.05) is 40.5 Å². The molecule has 21 heavy (non-hydrogen) atoms. The van der Waals surface area contributed by atoms with E-state index >= 15 is 0 Å². The Hall–Kier alpha value is -0.0800. The topological polar surface area (TPSA) is 52.0 Å². The molecule has 4 N–H and O–H groups in total. The van der Waals surface area contributed by atoms with Gasteiger partial charge in [0.25, 0.3) is 0 Å². The van der Waals surface area contributed by atoms with E-state index in [0.717, 1.165) is 0 Å². The highest BCUT2D eigenvalue weighted by Crippen LogP contribution is 2.54. The van der Waals surface area contributed by atoms with Crippen molar-refractivity contribution in [2.24, 2.45) is 34.1 Å². The van der Waals surface area contributed by atoms with Crippen LogP contribution in [0.5, 0.6) is 0 Å². The molecule has 2 rings (SSSR count). The highest BCUT2D eigenvalue weighted by molar-refractivity contribution is 4.98. The van der Waals surface area contributed by atoms with Gasteiger partial charge in [-0.25, -0.2) is 0 Å². The van der Waals surface area contributed by atoms with Crippen LogP contribution in [0.15, 0.2) is 0 Å². The third-order valence-corrected chi connectivity index (χ3v) is 7.24. The molecule has 0 aromatic heterocycles. The summed E-state index contributed by atoms with van der Waals surface area (Å²) in [6.45, 7) is 9.55. The smallest absolute Gasteiger partial charge is 0.00649 e. The Morgan fingerprint density at radius 1 is 0.810 bits per heavy atom. The van der Waals surface area contributed by atoms with Crippen LogP contribution < -0.4 is 11.5 Å².